The van der Waals surface area contributed by atoms with Crippen LogP contribution in [0.1, 0.15) is 40.1 Å². The number of nitrogens with zero attached hydrogens (tertiary/aromatic N) is 2. The van der Waals surface area contributed by atoms with Crippen LogP contribution in [0.4, 0.5) is 19.0 Å². The summed E-state index contributed by atoms with van der Waals surface area (Å²) in [6.45, 7) is 0.346. The number of alkyl halides is 3. The molecule has 182 valence electrons. The van der Waals surface area contributed by atoms with E-state index in [1.165, 1.54) is 6.07 Å². The van der Waals surface area contributed by atoms with Gasteiger partial charge in [-0.05, 0) is 35.4 Å². The number of carbonyl (C=O) groups excluding carboxylic acids is 1. The van der Waals surface area contributed by atoms with Gasteiger partial charge in [-0.15, -0.1) is 0 Å². The average molecular weight is 488 g/mol. The second kappa shape index (κ2) is 8.00. The van der Waals surface area contributed by atoms with Crippen LogP contribution in [-0.2, 0) is 6.54 Å². The molecule has 2 atom stereocenters. The summed E-state index contributed by atoms with van der Waals surface area (Å²) in [5.41, 5.74) is 1.25. The highest BCUT2D eigenvalue weighted by molar-refractivity contribution is 5.93. The lowest BCUT2D eigenvalue weighted by atomic mass is 9.96. The van der Waals surface area contributed by atoms with Crippen LogP contribution in [0.15, 0.2) is 42.5 Å². The van der Waals surface area contributed by atoms with Gasteiger partial charge in [0.15, 0.2) is 34.7 Å². The van der Waals surface area contributed by atoms with Crippen LogP contribution in [-0.4, -0.2) is 35.4 Å². The number of fused-ring (bicyclic) bond motifs is 3. The number of aromatic nitrogens is 2. The van der Waals surface area contributed by atoms with Crippen LogP contribution in [0.5, 0.6) is 23.0 Å². The van der Waals surface area contributed by atoms with Gasteiger partial charge in [-0.25, -0.2) is 4.68 Å². The van der Waals surface area contributed by atoms with Gasteiger partial charge in [-0.2, -0.15) is 18.3 Å². The minimum Gasteiger partial charge on any atom is -0.454 e. The summed E-state index contributed by atoms with van der Waals surface area (Å²) in [5, 5.41) is 9.75. The number of hydrogen-bond donors (Lipinski definition) is 2. The van der Waals surface area contributed by atoms with Crippen molar-refractivity contribution in [1.29, 1.82) is 0 Å². The molecule has 0 aliphatic carbocycles. The molecule has 3 aliphatic rings. The number of rotatable bonds is 4. The third kappa shape index (κ3) is 3.94. The van der Waals surface area contributed by atoms with Crippen LogP contribution >= 0.6 is 0 Å². The number of carbonyl (C=O) groups is 1. The fourth-order valence-electron chi connectivity index (χ4n) is 4.36. The number of ether oxygens (including phenoxy) is 4. The summed E-state index contributed by atoms with van der Waals surface area (Å²) in [6, 6.07) is 9.03. The van der Waals surface area contributed by atoms with Crippen molar-refractivity contribution in [3.05, 3.63) is 59.3 Å². The molecule has 9 nitrogen and oxygen atoms in total. The summed E-state index contributed by atoms with van der Waals surface area (Å²) in [4.78, 5) is 12.7. The molecule has 0 saturated heterocycles. The zero-order valence-corrected chi connectivity index (χ0v) is 18.1. The van der Waals surface area contributed by atoms with Crippen LogP contribution in [0, 0.1) is 0 Å². The Labute approximate surface area is 196 Å². The van der Waals surface area contributed by atoms with Crippen LogP contribution in [0.2, 0.25) is 0 Å². The van der Waals surface area contributed by atoms with Gasteiger partial charge in [0.1, 0.15) is 5.82 Å². The first-order valence-corrected chi connectivity index (χ1v) is 10.8. The van der Waals surface area contributed by atoms with Crippen molar-refractivity contribution in [1.82, 2.24) is 15.1 Å². The van der Waals surface area contributed by atoms with Crippen LogP contribution in [0.25, 0.3) is 0 Å². The van der Waals surface area contributed by atoms with Crippen molar-refractivity contribution in [3.63, 3.8) is 0 Å². The SMILES string of the molecule is O=C(NCc1ccc2c(c1)OCO2)c1cc2n(n1)C(C(F)(F)F)CC(c1ccc3c(c1)OCO3)N2. The topological polar surface area (TPSA) is 95.9 Å². The van der Waals surface area contributed by atoms with Crippen molar-refractivity contribution in [2.75, 3.05) is 18.9 Å². The third-order valence-electron chi connectivity index (χ3n) is 6.11. The Bertz CT molecular complexity index is 1310. The molecule has 2 N–H and O–H groups in total. The molecule has 1 aromatic heterocycles. The van der Waals surface area contributed by atoms with E-state index in [1.54, 1.807) is 36.4 Å². The smallest absolute Gasteiger partial charge is 0.410 e. The normalized spacial score (nSPS) is 19.7. The molecule has 4 heterocycles. The molecule has 2 aromatic carbocycles. The Kier molecular flexibility index (Phi) is 4.90. The summed E-state index contributed by atoms with van der Waals surface area (Å²) in [5.74, 6) is 1.73. The molecule has 2 unspecified atom stereocenters. The summed E-state index contributed by atoms with van der Waals surface area (Å²) < 4.78 is 63.9. The largest absolute Gasteiger partial charge is 0.454 e. The monoisotopic (exact) mass is 488 g/mol. The zero-order chi connectivity index (χ0) is 24.2. The number of nitrogens with one attached hydrogen (secondary N) is 2. The van der Waals surface area contributed by atoms with E-state index in [4.69, 9.17) is 18.9 Å². The van der Waals surface area contributed by atoms with Gasteiger partial charge in [0.05, 0.1) is 6.04 Å². The Morgan fingerprint density at radius 1 is 1.00 bits per heavy atom. The minimum absolute atomic E-state index is 0.0690. The predicted octanol–water partition coefficient (Wildman–Crippen LogP) is 3.93. The Morgan fingerprint density at radius 2 is 1.69 bits per heavy atom. The fourth-order valence-corrected chi connectivity index (χ4v) is 4.36. The van der Waals surface area contributed by atoms with Crippen LogP contribution < -0.4 is 29.6 Å². The lowest BCUT2D eigenvalue weighted by molar-refractivity contribution is -0.173. The summed E-state index contributed by atoms with van der Waals surface area (Å²) in [7, 11) is 0. The summed E-state index contributed by atoms with van der Waals surface area (Å²) >= 11 is 0. The molecule has 6 rings (SSSR count). The Morgan fingerprint density at radius 3 is 2.43 bits per heavy atom. The number of anilines is 1. The Hall–Kier alpha value is -4.09. The van der Waals surface area contributed by atoms with Gasteiger partial charge in [0.25, 0.3) is 5.91 Å². The van der Waals surface area contributed by atoms with Gasteiger partial charge in [-0.1, -0.05) is 12.1 Å². The molecule has 0 fully saturated rings. The highest BCUT2D eigenvalue weighted by Gasteiger charge is 2.47. The molecule has 3 aliphatic heterocycles. The third-order valence-corrected chi connectivity index (χ3v) is 6.11. The van der Waals surface area contributed by atoms with Crippen molar-refractivity contribution < 1.29 is 36.9 Å². The lowest BCUT2D eigenvalue weighted by Gasteiger charge is -2.33. The molecule has 0 spiro atoms. The van der Waals surface area contributed by atoms with E-state index < -0.39 is 24.2 Å². The molecule has 0 radical (unpaired) electrons. The molecular weight excluding hydrogens is 469 g/mol. The van der Waals surface area contributed by atoms with E-state index in [0.29, 0.717) is 28.6 Å². The van der Waals surface area contributed by atoms with Gasteiger partial charge in [-0.3, -0.25) is 4.79 Å². The number of amides is 1. The van der Waals surface area contributed by atoms with Gasteiger partial charge in [0, 0.05) is 19.0 Å². The minimum atomic E-state index is -4.56. The summed E-state index contributed by atoms with van der Waals surface area (Å²) in [6.07, 6.45) is -4.85. The molecular formula is C23H19F3N4O5. The van der Waals surface area contributed by atoms with Crippen molar-refractivity contribution in [2.24, 2.45) is 0 Å². The number of halogens is 3. The van der Waals surface area contributed by atoms with Gasteiger partial charge in [0.2, 0.25) is 13.6 Å². The van der Waals surface area contributed by atoms with Crippen molar-refractivity contribution >= 4 is 11.7 Å². The molecule has 35 heavy (non-hydrogen) atoms. The maximum atomic E-state index is 14.0. The van der Waals surface area contributed by atoms with E-state index in [-0.39, 0.29) is 38.1 Å². The van der Waals surface area contributed by atoms with E-state index in [1.807, 2.05) is 0 Å². The second-order valence-electron chi connectivity index (χ2n) is 8.33. The van der Waals surface area contributed by atoms with Crippen molar-refractivity contribution in [3.8, 4) is 23.0 Å². The first-order chi connectivity index (χ1) is 16.8. The lowest BCUT2D eigenvalue weighted by Crippen LogP contribution is -2.35. The molecule has 12 heteroatoms. The molecule has 3 aromatic rings. The standard InChI is InChI=1S/C23H19F3N4O5/c24-23(25,26)20-7-14(13-2-4-17-19(6-13)35-11-33-17)28-21-8-15(29-30(20)21)22(31)27-9-12-1-3-16-18(5-12)34-10-32-16/h1-6,8,14,20,28H,7,9-11H2,(H,27,31). The van der Waals surface area contributed by atoms with Crippen LogP contribution in [0.3, 0.4) is 0 Å². The first-order valence-electron chi connectivity index (χ1n) is 10.8. The molecule has 0 saturated carbocycles. The fraction of sp³-hybridized carbons (Fsp3) is 0.304. The number of hydrogen-bond acceptors (Lipinski definition) is 7. The van der Waals surface area contributed by atoms with Crippen molar-refractivity contribution in [2.45, 2.75) is 31.2 Å². The number of benzene rings is 2. The predicted molar refractivity (Wildman–Crippen MR) is 115 cm³/mol. The second-order valence-corrected chi connectivity index (χ2v) is 8.33. The van der Waals surface area contributed by atoms with E-state index in [0.717, 1.165) is 10.2 Å². The zero-order valence-electron chi connectivity index (χ0n) is 18.1. The van der Waals surface area contributed by atoms with Gasteiger partial charge < -0.3 is 29.6 Å². The highest BCUT2D eigenvalue weighted by Crippen LogP contribution is 2.45. The van der Waals surface area contributed by atoms with Gasteiger partial charge >= 0.3 is 6.18 Å². The Balaban J connectivity index is 1.22. The molecule has 0 bridgehead atoms. The molecule has 1 amide bonds. The first kappa shape index (κ1) is 21.4. The quantitative estimate of drug-likeness (QED) is 0.575. The van der Waals surface area contributed by atoms with E-state index in [2.05, 4.69) is 15.7 Å². The van der Waals surface area contributed by atoms with E-state index in [9.17, 15) is 18.0 Å². The van der Waals surface area contributed by atoms with E-state index >= 15 is 0 Å². The highest BCUT2D eigenvalue weighted by atomic mass is 19.4. The average Bonchev–Trinajstić information content (AvgIpc) is 3.59. The maximum Gasteiger partial charge on any atom is 0.410 e. The maximum absolute atomic E-state index is 14.0.